The fourth-order valence-electron chi connectivity index (χ4n) is 1.13. The first-order valence-electron chi connectivity index (χ1n) is 4.19. The molecule has 0 atom stereocenters. The van der Waals surface area contributed by atoms with Crippen molar-refractivity contribution in [1.29, 1.82) is 0 Å². The van der Waals surface area contributed by atoms with Crippen molar-refractivity contribution in [2.75, 3.05) is 0 Å². The lowest BCUT2D eigenvalue weighted by Crippen LogP contribution is -1.95. The molecular weight excluding hydrogens is 183 g/mol. The minimum atomic E-state index is -1.54. The Kier molecular flexibility index (Phi) is 3.02. The Balaban J connectivity index is 3.15. The molecule has 0 saturated carbocycles. The normalized spacial score (nSPS) is 11.5. The van der Waals surface area contributed by atoms with Gasteiger partial charge in [-0.3, -0.25) is 0 Å². The maximum absolute atomic E-state index is 12.8. The molecule has 74 valence electrons. The van der Waals surface area contributed by atoms with Crippen molar-refractivity contribution >= 4 is 12.0 Å². The van der Waals surface area contributed by atoms with Gasteiger partial charge in [0.2, 0.25) is 5.83 Å². The molecule has 0 bridgehead atoms. The van der Waals surface area contributed by atoms with Crippen molar-refractivity contribution in [1.82, 2.24) is 0 Å². The van der Waals surface area contributed by atoms with E-state index in [0.29, 0.717) is 5.56 Å². The van der Waals surface area contributed by atoms with Gasteiger partial charge in [-0.05, 0) is 36.6 Å². The standard InChI is InChI=1S/C11H11FO2/c1-7-4-3-5-9(8(7)2)6-10(12)11(13)14/h3-6H,1-2H3,(H,13,14). The Morgan fingerprint density at radius 1 is 1.43 bits per heavy atom. The van der Waals surface area contributed by atoms with E-state index in [-0.39, 0.29) is 0 Å². The number of hydrogen-bond acceptors (Lipinski definition) is 1. The first-order chi connectivity index (χ1) is 6.52. The summed E-state index contributed by atoms with van der Waals surface area (Å²) in [4.78, 5) is 10.3. The van der Waals surface area contributed by atoms with E-state index >= 15 is 0 Å². The number of aliphatic carboxylic acids is 1. The Morgan fingerprint density at radius 2 is 2.07 bits per heavy atom. The second-order valence-electron chi connectivity index (χ2n) is 3.09. The molecule has 0 aliphatic heterocycles. The molecule has 2 nitrogen and oxygen atoms in total. The third kappa shape index (κ3) is 2.19. The van der Waals surface area contributed by atoms with Gasteiger partial charge in [0.25, 0.3) is 0 Å². The molecule has 0 aliphatic carbocycles. The maximum atomic E-state index is 12.8. The van der Waals surface area contributed by atoms with Gasteiger partial charge in [0.05, 0.1) is 0 Å². The number of benzene rings is 1. The lowest BCUT2D eigenvalue weighted by atomic mass is 10.0. The predicted molar refractivity (Wildman–Crippen MR) is 52.6 cm³/mol. The Hall–Kier alpha value is -1.64. The molecule has 1 N–H and O–H groups in total. The highest BCUT2D eigenvalue weighted by atomic mass is 19.1. The van der Waals surface area contributed by atoms with Crippen LogP contribution >= 0.6 is 0 Å². The van der Waals surface area contributed by atoms with Crippen molar-refractivity contribution in [2.45, 2.75) is 13.8 Å². The van der Waals surface area contributed by atoms with Gasteiger partial charge in [-0.1, -0.05) is 18.2 Å². The number of hydrogen-bond donors (Lipinski definition) is 1. The van der Waals surface area contributed by atoms with E-state index < -0.39 is 11.8 Å². The van der Waals surface area contributed by atoms with Crippen LogP contribution in [0.3, 0.4) is 0 Å². The van der Waals surface area contributed by atoms with Crippen LogP contribution < -0.4 is 0 Å². The number of carboxylic acid groups (broad SMARTS) is 1. The topological polar surface area (TPSA) is 37.3 Å². The summed E-state index contributed by atoms with van der Waals surface area (Å²) >= 11 is 0. The zero-order chi connectivity index (χ0) is 10.7. The molecule has 1 aromatic rings. The first-order valence-corrected chi connectivity index (χ1v) is 4.19. The zero-order valence-electron chi connectivity index (χ0n) is 8.04. The van der Waals surface area contributed by atoms with Gasteiger partial charge >= 0.3 is 5.97 Å². The third-order valence-electron chi connectivity index (χ3n) is 2.13. The molecular formula is C11H11FO2. The van der Waals surface area contributed by atoms with E-state index in [0.717, 1.165) is 17.2 Å². The largest absolute Gasteiger partial charge is 0.476 e. The summed E-state index contributed by atoms with van der Waals surface area (Å²) < 4.78 is 12.8. The molecule has 14 heavy (non-hydrogen) atoms. The van der Waals surface area contributed by atoms with Crippen molar-refractivity contribution in [3.05, 3.63) is 40.7 Å². The second kappa shape index (κ2) is 4.05. The predicted octanol–water partition coefficient (Wildman–Crippen LogP) is 2.70. The Morgan fingerprint density at radius 3 is 2.64 bits per heavy atom. The lowest BCUT2D eigenvalue weighted by molar-refractivity contribution is -0.134. The molecule has 0 heterocycles. The molecule has 0 fully saturated rings. The fourth-order valence-corrected chi connectivity index (χ4v) is 1.13. The van der Waals surface area contributed by atoms with Gasteiger partial charge in [-0.15, -0.1) is 0 Å². The van der Waals surface area contributed by atoms with Crippen molar-refractivity contribution in [2.24, 2.45) is 0 Å². The van der Waals surface area contributed by atoms with Crippen LogP contribution in [0.15, 0.2) is 24.0 Å². The Bertz CT molecular complexity index is 394. The van der Waals surface area contributed by atoms with Crippen LogP contribution in [0.25, 0.3) is 6.08 Å². The number of rotatable bonds is 2. The summed E-state index contributed by atoms with van der Waals surface area (Å²) in [5, 5.41) is 8.36. The van der Waals surface area contributed by atoms with Crippen molar-refractivity contribution < 1.29 is 14.3 Å². The highest BCUT2D eigenvalue weighted by molar-refractivity contribution is 5.89. The minimum Gasteiger partial charge on any atom is -0.476 e. The highest BCUT2D eigenvalue weighted by Crippen LogP contribution is 2.16. The van der Waals surface area contributed by atoms with Crippen LogP contribution in [0.4, 0.5) is 4.39 Å². The van der Waals surface area contributed by atoms with E-state index in [2.05, 4.69) is 0 Å². The van der Waals surface area contributed by atoms with Gasteiger partial charge in [0.1, 0.15) is 0 Å². The molecule has 0 spiro atoms. The molecule has 0 amide bonds. The molecule has 1 aromatic carbocycles. The SMILES string of the molecule is Cc1cccc(C=C(F)C(=O)O)c1C. The van der Waals surface area contributed by atoms with E-state index in [1.165, 1.54) is 0 Å². The third-order valence-corrected chi connectivity index (χ3v) is 2.13. The number of halogens is 1. The molecule has 0 radical (unpaired) electrons. The van der Waals surface area contributed by atoms with Crippen LogP contribution in [0.5, 0.6) is 0 Å². The van der Waals surface area contributed by atoms with Crippen LogP contribution in [0, 0.1) is 13.8 Å². The monoisotopic (exact) mass is 194 g/mol. The smallest absolute Gasteiger partial charge is 0.364 e. The maximum Gasteiger partial charge on any atom is 0.364 e. The van der Waals surface area contributed by atoms with E-state index in [1.807, 2.05) is 19.9 Å². The van der Waals surface area contributed by atoms with Crippen LogP contribution in [0.1, 0.15) is 16.7 Å². The van der Waals surface area contributed by atoms with Crippen molar-refractivity contribution in [3.8, 4) is 0 Å². The van der Waals surface area contributed by atoms with Crippen LogP contribution in [0.2, 0.25) is 0 Å². The van der Waals surface area contributed by atoms with E-state index in [4.69, 9.17) is 5.11 Å². The van der Waals surface area contributed by atoms with Gasteiger partial charge in [0.15, 0.2) is 0 Å². The van der Waals surface area contributed by atoms with Gasteiger partial charge in [0, 0.05) is 0 Å². The van der Waals surface area contributed by atoms with Crippen LogP contribution in [-0.4, -0.2) is 11.1 Å². The van der Waals surface area contributed by atoms with E-state index in [9.17, 15) is 9.18 Å². The first kappa shape index (κ1) is 10.4. The quantitative estimate of drug-likeness (QED) is 0.735. The summed E-state index contributed by atoms with van der Waals surface area (Å²) in [6, 6.07) is 5.35. The van der Waals surface area contributed by atoms with E-state index in [1.54, 1.807) is 12.1 Å². The van der Waals surface area contributed by atoms with Crippen LogP contribution in [-0.2, 0) is 4.79 Å². The Labute approximate surface area is 81.7 Å². The van der Waals surface area contributed by atoms with Gasteiger partial charge in [-0.25, -0.2) is 4.79 Å². The molecule has 0 aromatic heterocycles. The molecule has 0 aliphatic rings. The average molecular weight is 194 g/mol. The number of carboxylic acids is 1. The van der Waals surface area contributed by atoms with Gasteiger partial charge < -0.3 is 5.11 Å². The second-order valence-corrected chi connectivity index (χ2v) is 3.09. The molecule has 0 saturated heterocycles. The number of carbonyl (C=O) groups is 1. The summed E-state index contributed by atoms with van der Waals surface area (Å²) in [5.41, 5.74) is 2.51. The summed E-state index contributed by atoms with van der Waals surface area (Å²) in [5.74, 6) is -2.68. The summed E-state index contributed by atoms with van der Waals surface area (Å²) in [6.45, 7) is 3.72. The average Bonchev–Trinajstić information content (AvgIpc) is 2.12. The minimum absolute atomic E-state index is 0.602. The summed E-state index contributed by atoms with van der Waals surface area (Å²) in [6.07, 6.45) is 1.03. The zero-order valence-corrected chi connectivity index (χ0v) is 8.04. The molecule has 1 rings (SSSR count). The highest BCUT2D eigenvalue weighted by Gasteiger charge is 2.06. The summed E-state index contributed by atoms with van der Waals surface area (Å²) in [7, 11) is 0. The fraction of sp³-hybridized carbons (Fsp3) is 0.182. The molecule has 3 heteroatoms. The lowest BCUT2D eigenvalue weighted by Gasteiger charge is -2.03. The molecule has 0 unspecified atom stereocenters. The van der Waals surface area contributed by atoms with Gasteiger partial charge in [-0.2, -0.15) is 4.39 Å². The number of aryl methyl sites for hydroxylation is 1. The van der Waals surface area contributed by atoms with Crippen molar-refractivity contribution in [3.63, 3.8) is 0 Å².